The number of benzene rings is 1. The fourth-order valence-corrected chi connectivity index (χ4v) is 3.12. The fraction of sp³-hybridized carbons (Fsp3) is 0.438. The Morgan fingerprint density at radius 2 is 2.24 bits per heavy atom. The van der Waals surface area contributed by atoms with Gasteiger partial charge < -0.3 is 10.0 Å². The van der Waals surface area contributed by atoms with E-state index in [0.29, 0.717) is 10.0 Å². The molecule has 0 aliphatic carbocycles. The molecule has 0 aromatic heterocycles. The van der Waals surface area contributed by atoms with Gasteiger partial charge in [0.2, 0.25) is 5.91 Å². The van der Waals surface area contributed by atoms with Crippen molar-refractivity contribution >= 4 is 35.2 Å². The van der Waals surface area contributed by atoms with Crippen LogP contribution < -0.4 is 0 Å². The number of nitrogens with zero attached hydrogens (tertiary/aromatic N) is 1. The zero-order chi connectivity index (χ0) is 15.2. The quantitative estimate of drug-likeness (QED) is 0.836. The number of carbonyl (C=O) groups excluding carboxylic acids is 1. The number of halogens is 2. The van der Waals surface area contributed by atoms with Crippen LogP contribution in [0.3, 0.4) is 0 Å². The Labute approximate surface area is 135 Å². The summed E-state index contributed by atoms with van der Waals surface area (Å²) in [6, 6.07) is 5.45. The first-order valence-electron chi connectivity index (χ1n) is 7.16. The second-order valence-electron chi connectivity index (χ2n) is 5.19. The van der Waals surface area contributed by atoms with Crippen LogP contribution >= 0.6 is 23.2 Å². The van der Waals surface area contributed by atoms with Crippen molar-refractivity contribution in [3.05, 3.63) is 39.9 Å². The van der Waals surface area contributed by atoms with E-state index < -0.39 is 0 Å². The van der Waals surface area contributed by atoms with Crippen molar-refractivity contribution in [1.29, 1.82) is 0 Å². The molecule has 1 amide bonds. The second-order valence-corrected chi connectivity index (χ2v) is 6.04. The molecule has 1 unspecified atom stereocenters. The molecule has 1 heterocycles. The van der Waals surface area contributed by atoms with Gasteiger partial charge in [-0.1, -0.05) is 29.3 Å². The summed E-state index contributed by atoms with van der Waals surface area (Å²) < 4.78 is 0. The minimum atomic E-state index is 0.00135. The van der Waals surface area contributed by atoms with Crippen molar-refractivity contribution in [1.82, 2.24) is 4.90 Å². The Balaban J connectivity index is 2.01. The third kappa shape index (κ3) is 4.47. The molecule has 1 aromatic rings. The lowest BCUT2D eigenvalue weighted by Crippen LogP contribution is -2.34. The van der Waals surface area contributed by atoms with Gasteiger partial charge in [-0.15, -0.1) is 0 Å². The molecule has 1 atom stereocenters. The van der Waals surface area contributed by atoms with Gasteiger partial charge >= 0.3 is 0 Å². The lowest BCUT2D eigenvalue weighted by Gasteiger charge is -2.23. The molecule has 114 valence electrons. The molecule has 0 bridgehead atoms. The van der Waals surface area contributed by atoms with Gasteiger partial charge in [-0.3, -0.25) is 4.79 Å². The Morgan fingerprint density at radius 3 is 2.95 bits per heavy atom. The molecule has 0 saturated carbocycles. The lowest BCUT2D eigenvalue weighted by atomic mass is 10.1. The van der Waals surface area contributed by atoms with Gasteiger partial charge in [0.1, 0.15) is 0 Å². The van der Waals surface area contributed by atoms with E-state index in [1.165, 1.54) is 0 Å². The average Bonchev–Trinajstić information content (AvgIpc) is 2.92. The molecule has 1 aliphatic heterocycles. The summed E-state index contributed by atoms with van der Waals surface area (Å²) in [6.45, 7) is 0.961. The van der Waals surface area contributed by atoms with Gasteiger partial charge in [0.25, 0.3) is 0 Å². The number of carbonyl (C=O) groups is 1. The van der Waals surface area contributed by atoms with Crippen LogP contribution in [0.15, 0.2) is 24.3 Å². The Kier molecular flexibility index (Phi) is 6.09. The van der Waals surface area contributed by atoms with Gasteiger partial charge in [0.05, 0.1) is 0 Å². The standard InChI is InChI=1S/C16H19Cl2NO2/c17-13-7-5-12(15(18)11-13)6-8-16(21)19-9-1-3-14(19)4-2-10-20/h5-8,11,14,20H,1-4,9-10H2. The topological polar surface area (TPSA) is 40.5 Å². The van der Waals surface area contributed by atoms with Crippen molar-refractivity contribution in [2.24, 2.45) is 0 Å². The first kappa shape index (κ1) is 16.3. The minimum absolute atomic E-state index is 0.00135. The summed E-state index contributed by atoms with van der Waals surface area (Å²) in [5, 5.41) is 10.0. The number of hydrogen-bond donors (Lipinski definition) is 1. The first-order valence-corrected chi connectivity index (χ1v) is 7.92. The van der Waals surface area contributed by atoms with Crippen LogP contribution in [0.5, 0.6) is 0 Å². The van der Waals surface area contributed by atoms with Crippen LogP contribution in [-0.2, 0) is 4.79 Å². The third-order valence-electron chi connectivity index (χ3n) is 3.72. The van der Waals surface area contributed by atoms with E-state index in [1.807, 2.05) is 4.90 Å². The molecule has 1 N–H and O–H groups in total. The maximum absolute atomic E-state index is 12.3. The van der Waals surface area contributed by atoms with Crippen LogP contribution in [0.1, 0.15) is 31.2 Å². The molecule has 1 aromatic carbocycles. The molecule has 5 heteroatoms. The molecule has 0 spiro atoms. The maximum Gasteiger partial charge on any atom is 0.246 e. The van der Waals surface area contributed by atoms with Crippen molar-refractivity contribution < 1.29 is 9.90 Å². The summed E-state index contributed by atoms with van der Waals surface area (Å²) in [7, 11) is 0. The van der Waals surface area contributed by atoms with Crippen molar-refractivity contribution in [2.75, 3.05) is 13.2 Å². The summed E-state index contributed by atoms with van der Waals surface area (Å²) in [4.78, 5) is 14.2. The highest BCUT2D eigenvalue weighted by Crippen LogP contribution is 2.24. The number of aliphatic hydroxyl groups is 1. The molecule has 1 saturated heterocycles. The van der Waals surface area contributed by atoms with Gasteiger partial charge in [-0.2, -0.15) is 0 Å². The zero-order valence-corrected chi connectivity index (χ0v) is 13.3. The summed E-state index contributed by atoms with van der Waals surface area (Å²) in [6.07, 6.45) is 6.92. The van der Waals surface area contributed by atoms with Gasteiger partial charge in [0.15, 0.2) is 0 Å². The van der Waals surface area contributed by atoms with Crippen LogP contribution in [0.2, 0.25) is 10.0 Å². The van der Waals surface area contributed by atoms with Crippen LogP contribution in [0.4, 0.5) is 0 Å². The summed E-state index contributed by atoms with van der Waals surface area (Å²) in [5.74, 6) is 0.00135. The van der Waals surface area contributed by atoms with E-state index >= 15 is 0 Å². The molecule has 2 rings (SSSR count). The molecule has 1 fully saturated rings. The van der Waals surface area contributed by atoms with Gasteiger partial charge in [0, 0.05) is 35.3 Å². The molecule has 1 aliphatic rings. The monoisotopic (exact) mass is 327 g/mol. The molecular weight excluding hydrogens is 309 g/mol. The highest BCUT2D eigenvalue weighted by molar-refractivity contribution is 6.35. The SMILES string of the molecule is O=C(C=Cc1ccc(Cl)cc1Cl)N1CCCC1CCCO. The number of amides is 1. The van der Waals surface area contributed by atoms with Crippen LogP contribution in [-0.4, -0.2) is 35.1 Å². The highest BCUT2D eigenvalue weighted by atomic mass is 35.5. The highest BCUT2D eigenvalue weighted by Gasteiger charge is 2.26. The Morgan fingerprint density at radius 1 is 1.43 bits per heavy atom. The first-order chi connectivity index (χ1) is 10.1. The van der Waals surface area contributed by atoms with Crippen molar-refractivity contribution in [3.8, 4) is 0 Å². The second kappa shape index (κ2) is 7.83. The summed E-state index contributed by atoms with van der Waals surface area (Å²) in [5.41, 5.74) is 0.778. The Hall–Kier alpha value is -1.03. The van der Waals surface area contributed by atoms with Crippen molar-refractivity contribution in [3.63, 3.8) is 0 Å². The predicted molar refractivity (Wildman–Crippen MR) is 86.6 cm³/mol. The molecular formula is C16H19Cl2NO2. The number of hydrogen-bond acceptors (Lipinski definition) is 2. The maximum atomic E-state index is 12.3. The zero-order valence-electron chi connectivity index (χ0n) is 11.8. The number of aliphatic hydroxyl groups excluding tert-OH is 1. The Bertz CT molecular complexity index is 531. The van der Waals surface area contributed by atoms with Gasteiger partial charge in [-0.05, 0) is 49.5 Å². The molecule has 3 nitrogen and oxygen atoms in total. The van der Waals surface area contributed by atoms with E-state index in [1.54, 1.807) is 30.4 Å². The normalized spacial score (nSPS) is 18.6. The van der Waals surface area contributed by atoms with Crippen LogP contribution in [0, 0.1) is 0 Å². The van der Waals surface area contributed by atoms with Crippen molar-refractivity contribution in [2.45, 2.75) is 31.7 Å². The minimum Gasteiger partial charge on any atom is -0.396 e. The fourth-order valence-electron chi connectivity index (χ4n) is 2.65. The van der Waals surface area contributed by atoms with Crippen LogP contribution in [0.25, 0.3) is 6.08 Å². The summed E-state index contributed by atoms with van der Waals surface area (Å²) >= 11 is 11.9. The smallest absolute Gasteiger partial charge is 0.246 e. The lowest BCUT2D eigenvalue weighted by molar-refractivity contribution is -0.126. The molecule has 21 heavy (non-hydrogen) atoms. The average molecular weight is 328 g/mol. The van der Waals surface area contributed by atoms with Gasteiger partial charge in [-0.25, -0.2) is 0 Å². The third-order valence-corrected chi connectivity index (χ3v) is 4.29. The van der Waals surface area contributed by atoms with E-state index in [9.17, 15) is 4.79 Å². The molecule has 0 radical (unpaired) electrons. The predicted octanol–water partition coefficient (Wildman–Crippen LogP) is 3.77. The number of likely N-dealkylation sites (tertiary alicyclic amines) is 1. The van der Waals surface area contributed by atoms with E-state index in [-0.39, 0.29) is 18.6 Å². The number of rotatable bonds is 5. The van der Waals surface area contributed by atoms with E-state index in [0.717, 1.165) is 37.8 Å². The largest absolute Gasteiger partial charge is 0.396 e. The van der Waals surface area contributed by atoms with E-state index in [2.05, 4.69) is 0 Å². The van der Waals surface area contributed by atoms with E-state index in [4.69, 9.17) is 28.3 Å².